The number of ether oxygens (including phenoxy) is 1. The maximum atomic E-state index is 14.3. The van der Waals surface area contributed by atoms with Crippen LogP contribution in [-0.2, 0) is 11.3 Å². The fourth-order valence-corrected chi connectivity index (χ4v) is 7.04. The van der Waals surface area contributed by atoms with Crippen LogP contribution in [0.4, 0.5) is 0 Å². The van der Waals surface area contributed by atoms with E-state index in [1.165, 1.54) is 11.3 Å². The van der Waals surface area contributed by atoms with Gasteiger partial charge in [0.05, 0.1) is 34.5 Å². The zero-order chi connectivity index (χ0) is 31.7. The smallest absolute Gasteiger partial charge is 0.271 e. The highest BCUT2D eigenvalue weighted by atomic mass is 32.1. The summed E-state index contributed by atoms with van der Waals surface area (Å²) in [6, 6.07) is 24.7. The van der Waals surface area contributed by atoms with Crippen molar-refractivity contribution in [2.75, 3.05) is 20.2 Å². The number of benzene rings is 3. The van der Waals surface area contributed by atoms with E-state index in [9.17, 15) is 14.9 Å². The number of amides is 1. The SMILES string of the molecule is CCN(CC)C(=O)C1=C(C)N=c2s/c(=C/c3cn(Cc4ccc(C#N)cc4)c4ccccc34)c(=O)n2[C@H]1c1ccccc1OC. The van der Waals surface area contributed by atoms with Gasteiger partial charge in [-0.2, -0.15) is 5.26 Å². The second kappa shape index (κ2) is 12.4. The van der Waals surface area contributed by atoms with Gasteiger partial charge in [-0.1, -0.05) is 59.9 Å². The van der Waals surface area contributed by atoms with Crippen LogP contribution in [0.15, 0.2) is 100 Å². The fourth-order valence-electron chi connectivity index (χ4n) is 6.01. The molecule has 0 spiro atoms. The lowest BCUT2D eigenvalue weighted by Crippen LogP contribution is -2.43. The number of aromatic nitrogens is 2. The number of fused-ring (bicyclic) bond motifs is 2. The molecule has 0 N–H and O–H groups in total. The molecule has 6 rings (SSSR count). The molecule has 3 aromatic carbocycles. The van der Waals surface area contributed by atoms with Gasteiger partial charge in [-0.25, -0.2) is 4.99 Å². The molecule has 0 bridgehead atoms. The number of methoxy groups -OCH3 is 1. The van der Waals surface area contributed by atoms with Crippen LogP contribution in [0.2, 0.25) is 0 Å². The topological polar surface area (TPSA) is 92.6 Å². The molecule has 0 unspecified atom stereocenters. The molecule has 1 atom stereocenters. The summed E-state index contributed by atoms with van der Waals surface area (Å²) >= 11 is 1.32. The minimum absolute atomic E-state index is 0.141. The molecule has 2 aromatic heterocycles. The highest BCUT2D eigenvalue weighted by Gasteiger charge is 2.35. The predicted octanol–water partition coefficient (Wildman–Crippen LogP) is 4.99. The molecule has 9 heteroatoms. The summed E-state index contributed by atoms with van der Waals surface area (Å²) in [5.74, 6) is 0.458. The molecular formula is C36H33N5O3S. The number of hydrogen-bond acceptors (Lipinski definition) is 6. The second-order valence-corrected chi connectivity index (χ2v) is 11.8. The molecule has 1 aliphatic rings. The lowest BCUT2D eigenvalue weighted by molar-refractivity contribution is -0.127. The quantitative estimate of drug-likeness (QED) is 0.246. The van der Waals surface area contributed by atoms with Crippen LogP contribution in [0, 0.1) is 11.3 Å². The van der Waals surface area contributed by atoms with E-state index in [0.717, 1.165) is 27.6 Å². The summed E-state index contributed by atoms with van der Waals surface area (Å²) in [5.41, 5.74) is 5.22. The third-order valence-corrected chi connectivity index (χ3v) is 9.26. The first-order chi connectivity index (χ1) is 21.9. The third-order valence-electron chi connectivity index (χ3n) is 8.28. The highest BCUT2D eigenvalue weighted by molar-refractivity contribution is 7.07. The van der Waals surface area contributed by atoms with Crippen molar-refractivity contribution in [2.45, 2.75) is 33.4 Å². The number of carbonyl (C=O) groups excluding carboxylic acids is 1. The molecule has 0 aliphatic carbocycles. The first kappa shape index (κ1) is 29.9. The van der Waals surface area contributed by atoms with Crippen LogP contribution in [-0.4, -0.2) is 40.1 Å². The first-order valence-electron chi connectivity index (χ1n) is 14.9. The van der Waals surface area contributed by atoms with Crippen molar-refractivity contribution in [3.05, 3.63) is 132 Å². The van der Waals surface area contributed by atoms with Gasteiger partial charge in [0.2, 0.25) is 0 Å². The van der Waals surface area contributed by atoms with Crippen LogP contribution in [0.1, 0.15) is 49.1 Å². The van der Waals surface area contributed by atoms with Crippen molar-refractivity contribution in [1.82, 2.24) is 14.0 Å². The van der Waals surface area contributed by atoms with Gasteiger partial charge in [0.1, 0.15) is 11.8 Å². The monoisotopic (exact) mass is 615 g/mol. The Balaban J connectivity index is 1.52. The van der Waals surface area contributed by atoms with E-state index in [1.807, 2.05) is 87.5 Å². The Hall–Kier alpha value is -5.20. The zero-order valence-electron chi connectivity index (χ0n) is 25.7. The normalized spacial score (nSPS) is 14.6. The predicted molar refractivity (Wildman–Crippen MR) is 177 cm³/mol. The van der Waals surface area contributed by atoms with Gasteiger partial charge in [0, 0.05) is 47.9 Å². The molecule has 5 aromatic rings. The van der Waals surface area contributed by atoms with Crippen molar-refractivity contribution >= 4 is 34.2 Å². The standard InChI is InChI=1S/C36H33N5O3S/c1-5-39(6-2)35(43)32-23(3)38-36-41(33(32)28-12-8-10-14-30(28)44-4)34(42)31(45-36)19-26-22-40(29-13-9-7-11-27(26)29)21-25-17-15-24(20-37)16-18-25/h7-19,22,33H,5-6,21H2,1-4H3/b31-19+/t33-/m0/s1. The number of hydrogen-bond donors (Lipinski definition) is 0. The highest BCUT2D eigenvalue weighted by Crippen LogP contribution is 2.36. The fraction of sp³-hybridized carbons (Fsp3) is 0.222. The zero-order valence-corrected chi connectivity index (χ0v) is 26.5. The molecule has 226 valence electrons. The number of thiazole rings is 1. The molecule has 0 saturated heterocycles. The van der Waals surface area contributed by atoms with Gasteiger partial charge in [-0.15, -0.1) is 0 Å². The molecule has 0 radical (unpaired) electrons. The molecule has 0 fully saturated rings. The number of nitriles is 1. The second-order valence-electron chi connectivity index (χ2n) is 10.8. The Morgan fingerprint density at radius 3 is 2.49 bits per heavy atom. The summed E-state index contributed by atoms with van der Waals surface area (Å²) < 4.78 is 10.1. The lowest BCUT2D eigenvalue weighted by Gasteiger charge is -2.29. The minimum atomic E-state index is -0.689. The van der Waals surface area contributed by atoms with E-state index in [1.54, 1.807) is 16.6 Å². The molecule has 0 saturated carbocycles. The van der Waals surface area contributed by atoms with E-state index in [4.69, 9.17) is 9.73 Å². The molecular weight excluding hydrogens is 582 g/mol. The maximum absolute atomic E-state index is 14.3. The van der Waals surface area contributed by atoms with Gasteiger partial charge < -0.3 is 14.2 Å². The Kier molecular flexibility index (Phi) is 8.24. The average molecular weight is 616 g/mol. The molecule has 1 amide bonds. The van der Waals surface area contributed by atoms with E-state index in [2.05, 4.69) is 29.0 Å². The van der Waals surface area contributed by atoms with Crippen molar-refractivity contribution in [3.63, 3.8) is 0 Å². The van der Waals surface area contributed by atoms with Crippen molar-refractivity contribution < 1.29 is 9.53 Å². The summed E-state index contributed by atoms with van der Waals surface area (Å²) in [6.45, 7) is 7.44. The van der Waals surface area contributed by atoms with Crippen LogP contribution in [0.3, 0.4) is 0 Å². The summed E-state index contributed by atoms with van der Waals surface area (Å²) in [5, 5.41) is 10.2. The summed E-state index contributed by atoms with van der Waals surface area (Å²) in [7, 11) is 1.60. The minimum Gasteiger partial charge on any atom is -0.496 e. The number of likely N-dealkylation sites (N-methyl/N-ethyl adjacent to an activating group) is 1. The Labute approximate surface area is 265 Å². The van der Waals surface area contributed by atoms with Gasteiger partial charge >= 0.3 is 0 Å². The first-order valence-corrected chi connectivity index (χ1v) is 15.7. The van der Waals surface area contributed by atoms with Crippen LogP contribution >= 0.6 is 11.3 Å². The van der Waals surface area contributed by atoms with Gasteiger partial charge in [0.15, 0.2) is 4.80 Å². The van der Waals surface area contributed by atoms with Gasteiger partial charge in [-0.3, -0.25) is 14.2 Å². The Morgan fingerprint density at radius 1 is 1.07 bits per heavy atom. The molecule has 3 heterocycles. The van der Waals surface area contributed by atoms with Crippen LogP contribution < -0.4 is 19.6 Å². The van der Waals surface area contributed by atoms with Crippen molar-refractivity contribution in [2.24, 2.45) is 4.99 Å². The summed E-state index contributed by atoms with van der Waals surface area (Å²) in [4.78, 5) is 35.4. The number of rotatable bonds is 8. The Bertz CT molecular complexity index is 2180. The molecule has 8 nitrogen and oxygen atoms in total. The van der Waals surface area contributed by atoms with E-state index < -0.39 is 6.04 Å². The van der Waals surface area contributed by atoms with Gasteiger partial charge in [0.25, 0.3) is 11.5 Å². The lowest BCUT2D eigenvalue weighted by atomic mass is 9.94. The maximum Gasteiger partial charge on any atom is 0.271 e. The molecule has 1 aliphatic heterocycles. The largest absolute Gasteiger partial charge is 0.496 e. The van der Waals surface area contributed by atoms with E-state index >= 15 is 0 Å². The van der Waals surface area contributed by atoms with E-state index in [-0.39, 0.29) is 11.5 Å². The number of carbonyl (C=O) groups is 1. The van der Waals surface area contributed by atoms with Crippen LogP contribution in [0.5, 0.6) is 5.75 Å². The molecule has 45 heavy (non-hydrogen) atoms. The number of nitrogens with zero attached hydrogens (tertiary/aromatic N) is 5. The summed E-state index contributed by atoms with van der Waals surface area (Å²) in [6.07, 6.45) is 3.98. The van der Waals surface area contributed by atoms with Crippen molar-refractivity contribution in [3.8, 4) is 11.8 Å². The van der Waals surface area contributed by atoms with Crippen LogP contribution in [0.25, 0.3) is 17.0 Å². The Morgan fingerprint density at radius 2 is 1.78 bits per heavy atom. The van der Waals surface area contributed by atoms with Gasteiger partial charge in [-0.05, 0) is 56.7 Å². The third kappa shape index (κ3) is 5.38. The number of allylic oxidation sites excluding steroid dienone is 1. The number of para-hydroxylation sites is 2. The average Bonchev–Trinajstić information content (AvgIpc) is 3.57. The van der Waals surface area contributed by atoms with E-state index in [0.29, 0.717) is 51.6 Å². The van der Waals surface area contributed by atoms with Crippen molar-refractivity contribution in [1.29, 1.82) is 5.26 Å².